The topological polar surface area (TPSA) is 105 Å². The largest absolute Gasteiger partial charge is 0.444 e. The maximum Gasteiger partial charge on any atom is 0.408 e. The van der Waals surface area contributed by atoms with Crippen LogP contribution in [-0.2, 0) is 10.3 Å². The Balaban J connectivity index is 1.74. The zero-order chi connectivity index (χ0) is 21.2. The third-order valence-electron chi connectivity index (χ3n) is 4.93. The number of nitrogen functional groups attached to an aromatic ring is 1. The maximum atomic E-state index is 12.3. The maximum absolute atomic E-state index is 12.3. The number of carbonyl (C=O) groups is 1. The number of anilines is 4. The van der Waals surface area contributed by atoms with Crippen LogP contribution in [0.4, 0.5) is 27.8 Å². The molecule has 2 aromatic rings. The molecule has 0 radical (unpaired) electrons. The summed E-state index contributed by atoms with van der Waals surface area (Å²) in [5.74, 6) is 1.22. The van der Waals surface area contributed by atoms with E-state index in [0.29, 0.717) is 17.3 Å². The van der Waals surface area contributed by atoms with Gasteiger partial charge in [-0.2, -0.15) is 0 Å². The lowest BCUT2D eigenvalue weighted by atomic mass is 9.72. The third-order valence-corrected chi connectivity index (χ3v) is 4.93. The quantitative estimate of drug-likeness (QED) is 0.704. The highest BCUT2D eigenvalue weighted by atomic mass is 16.6. The van der Waals surface area contributed by atoms with Gasteiger partial charge in [0.05, 0.1) is 5.54 Å². The van der Waals surface area contributed by atoms with Gasteiger partial charge in [0.2, 0.25) is 0 Å². The summed E-state index contributed by atoms with van der Waals surface area (Å²) < 4.78 is 5.44. The summed E-state index contributed by atoms with van der Waals surface area (Å²) in [4.78, 5) is 22.6. The summed E-state index contributed by atoms with van der Waals surface area (Å²) in [6.07, 6.45) is 3.95. The zero-order valence-electron chi connectivity index (χ0n) is 17.7. The molecule has 1 aliphatic carbocycles. The summed E-state index contributed by atoms with van der Waals surface area (Å²) in [6, 6.07) is 7.96. The Morgan fingerprint density at radius 3 is 2.34 bits per heavy atom. The Kier molecular flexibility index (Phi) is 5.55. The smallest absolute Gasteiger partial charge is 0.408 e. The highest BCUT2D eigenvalue weighted by molar-refractivity contribution is 5.78. The van der Waals surface area contributed by atoms with Crippen molar-refractivity contribution in [1.82, 2.24) is 15.3 Å². The van der Waals surface area contributed by atoms with E-state index in [9.17, 15) is 4.79 Å². The molecule has 8 heteroatoms. The van der Waals surface area contributed by atoms with Gasteiger partial charge in [0.1, 0.15) is 17.6 Å². The molecule has 1 aliphatic rings. The van der Waals surface area contributed by atoms with E-state index in [0.717, 1.165) is 30.5 Å². The zero-order valence-corrected chi connectivity index (χ0v) is 17.7. The molecule has 1 aromatic carbocycles. The predicted octanol–water partition coefficient (Wildman–Crippen LogP) is 3.77. The first kappa shape index (κ1) is 20.7. The molecule has 0 unspecified atom stereocenters. The average molecular weight is 399 g/mol. The van der Waals surface area contributed by atoms with Gasteiger partial charge in [0, 0.05) is 19.8 Å². The molecule has 1 amide bonds. The fourth-order valence-electron chi connectivity index (χ4n) is 3.37. The summed E-state index contributed by atoms with van der Waals surface area (Å²) in [7, 11) is 3.76. The van der Waals surface area contributed by atoms with Gasteiger partial charge in [-0.15, -0.1) is 0 Å². The Bertz CT molecular complexity index is 870. The molecule has 29 heavy (non-hydrogen) atoms. The van der Waals surface area contributed by atoms with E-state index in [2.05, 4.69) is 20.6 Å². The summed E-state index contributed by atoms with van der Waals surface area (Å²) in [6.45, 7) is 5.59. The average Bonchev–Trinajstić information content (AvgIpc) is 2.59. The normalized spacial score (nSPS) is 15.2. The van der Waals surface area contributed by atoms with E-state index in [-0.39, 0.29) is 11.6 Å². The number of nitrogens with one attached hydrogen (secondary N) is 2. The number of rotatable bonds is 5. The van der Waals surface area contributed by atoms with Crippen LogP contribution in [-0.4, -0.2) is 35.8 Å². The van der Waals surface area contributed by atoms with Crippen LogP contribution in [0.2, 0.25) is 0 Å². The minimum Gasteiger partial charge on any atom is -0.444 e. The second-order valence-electron chi connectivity index (χ2n) is 8.62. The molecule has 0 atom stereocenters. The van der Waals surface area contributed by atoms with E-state index in [1.165, 1.54) is 6.33 Å². The van der Waals surface area contributed by atoms with Crippen LogP contribution in [0, 0.1) is 0 Å². The molecule has 156 valence electrons. The molecule has 0 spiro atoms. The molecule has 0 saturated heterocycles. The van der Waals surface area contributed by atoms with Crippen molar-refractivity contribution in [3.63, 3.8) is 0 Å². The minimum atomic E-state index is -0.522. The van der Waals surface area contributed by atoms with Crippen molar-refractivity contribution in [2.75, 3.05) is 30.0 Å². The Morgan fingerprint density at radius 1 is 1.17 bits per heavy atom. The number of aromatic nitrogens is 2. The van der Waals surface area contributed by atoms with Gasteiger partial charge in [-0.3, -0.25) is 0 Å². The van der Waals surface area contributed by atoms with E-state index in [4.69, 9.17) is 10.5 Å². The van der Waals surface area contributed by atoms with Gasteiger partial charge in [-0.25, -0.2) is 14.8 Å². The Hall–Kier alpha value is -3.03. The van der Waals surface area contributed by atoms with Gasteiger partial charge in [0.25, 0.3) is 0 Å². The van der Waals surface area contributed by atoms with Crippen LogP contribution in [0.3, 0.4) is 0 Å². The van der Waals surface area contributed by atoms with Crippen LogP contribution in [0.1, 0.15) is 45.6 Å². The first-order chi connectivity index (χ1) is 13.6. The Labute approximate surface area is 171 Å². The lowest BCUT2D eigenvalue weighted by Gasteiger charge is -2.43. The van der Waals surface area contributed by atoms with E-state index in [1.54, 1.807) is 0 Å². The molecule has 1 fully saturated rings. The van der Waals surface area contributed by atoms with Gasteiger partial charge in [-0.05, 0) is 57.7 Å². The number of alkyl carbamates (subject to hydrolysis) is 1. The number of carbonyl (C=O) groups excluding carboxylic acids is 1. The van der Waals surface area contributed by atoms with Crippen molar-refractivity contribution in [1.29, 1.82) is 0 Å². The Morgan fingerprint density at radius 2 is 1.83 bits per heavy atom. The van der Waals surface area contributed by atoms with Crippen molar-refractivity contribution in [2.45, 2.75) is 51.2 Å². The fraction of sp³-hybridized carbons (Fsp3) is 0.476. The van der Waals surface area contributed by atoms with Crippen LogP contribution < -0.4 is 21.3 Å². The minimum absolute atomic E-state index is 0.368. The lowest BCUT2D eigenvalue weighted by Crippen LogP contribution is -2.52. The first-order valence-corrected chi connectivity index (χ1v) is 9.76. The number of benzene rings is 1. The molecule has 1 heterocycles. The monoisotopic (exact) mass is 398 g/mol. The molecule has 4 N–H and O–H groups in total. The molecule has 0 aliphatic heterocycles. The highest BCUT2D eigenvalue weighted by Crippen LogP contribution is 2.42. The summed E-state index contributed by atoms with van der Waals surface area (Å²) >= 11 is 0. The van der Waals surface area contributed by atoms with E-state index < -0.39 is 5.60 Å². The highest BCUT2D eigenvalue weighted by Gasteiger charge is 2.41. The lowest BCUT2D eigenvalue weighted by molar-refractivity contribution is 0.0377. The predicted molar refractivity (Wildman–Crippen MR) is 115 cm³/mol. The SMILES string of the molecule is CN(C)c1ncnc(Nc2ccc(C3(NC(=O)OC(C)(C)C)CCC3)cc2)c1N. The number of nitrogens with zero attached hydrogens (tertiary/aromatic N) is 3. The summed E-state index contributed by atoms with van der Waals surface area (Å²) in [5, 5.41) is 6.31. The van der Waals surface area contributed by atoms with Crippen molar-refractivity contribution < 1.29 is 9.53 Å². The fourth-order valence-corrected chi connectivity index (χ4v) is 3.37. The van der Waals surface area contributed by atoms with Crippen molar-refractivity contribution >= 4 is 29.1 Å². The molecule has 8 nitrogen and oxygen atoms in total. The van der Waals surface area contributed by atoms with Crippen LogP contribution in [0.25, 0.3) is 0 Å². The van der Waals surface area contributed by atoms with Crippen molar-refractivity contribution in [3.8, 4) is 0 Å². The number of hydrogen-bond acceptors (Lipinski definition) is 7. The van der Waals surface area contributed by atoms with Gasteiger partial charge >= 0.3 is 6.09 Å². The van der Waals surface area contributed by atoms with Crippen LogP contribution in [0.5, 0.6) is 0 Å². The van der Waals surface area contributed by atoms with Gasteiger partial charge in [0.15, 0.2) is 11.6 Å². The number of nitrogens with two attached hydrogens (primary N) is 1. The van der Waals surface area contributed by atoms with Gasteiger partial charge < -0.3 is 26.0 Å². The number of ether oxygens (including phenoxy) is 1. The van der Waals surface area contributed by atoms with E-state index in [1.807, 2.05) is 64.0 Å². The molecule has 1 saturated carbocycles. The molecule has 0 bridgehead atoms. The molecule has 1 aromatic heterocycles. The first-order valence-electron chi connectivity index (χ1n) is 9.76. The van der Waals surface area contributed by atoms with Crippen molar-refractivity contribution in [2.24, 2.45) is 0 Å². The van der Waals surface area contributed by atoms with Crippen molar-refractivity contribution in [3.05, 3.63) is 36.2 Å². The number of amides is 1. The van der Waals surface area contributed by atoms with Crippen LogP contribution in [0.15, 0.2) is 30.6 Å². The van der Waals surface area contributed by atoms with E-state index >= 15 is 0 Å². The second kappa shape index (κ2) is 7.77. The summed E-state index contributed by atoms with van der Waals surface area (Å²) in [5.41, 5.74) is 7.69. The van der Waals surface area contributed by atoms with Gasteiger partial charge in [-0.1, -0.05) is 12.1 Å². The second-order valence-corrected chi connectivity index (χ2v) is 8.62. The van der Waals surface area contributed by atoms with Crippen LogP contribution >= 0.6 is 0 Å². The number of hydrogen-bond donors (Lipinski definition) is 3. The molecular weight excluding hydrogens is 368 g/mol. The third kappa shape index (κ3) is 4.70. The standard InChI is InChI=1S/C21H30N6O2/c1-20(2,3)29-19(28)26-21(11-6-12-21)14-7-9-15(10-8-14)25-17-16(22)18(27(4)5)24-13-23-17/h7-10,13H,6,11-12,22H2,1-5H3,(H,26,28)(H,23,24,25). The molecule has 3 rings (SSSR count). The molecular formula is C21H30N6O2.